The van der Waals surface area contributed by atoms with Crippen molar-refractivity contribution in [2.24, 2.45) is 0 Å². The number of carbonyl (C=O) groups is 3. The summed E-state index contributed by atoms with van der Waals surface area (Å²) < 4.78 is 13.2. The summed E-state index contributed by atoms with van der Waals surface area (Å²) in [6.07, 6.45) is -1.20. The van der Waals surface area contributed by atoms with Crippen LogP contribution in [0, 0.1) is 0 Å². The molecule has 8 heteroatoms. The summed E-state index contributed by atoms with van der Waals surface area (Å²) in [5.74, 6) is -2.79. The second-order valence-corrected chi connectivity index (χ2v) is 3.06. The summed E-state index contributed by atoms with van der Waals surface area (Å²) >= 11 is 0. The van der Waals surface area contributed by atoms with Crippen LogP contribution in [0.25, 0.3) is 0 Å². The molecular weight excluding hydrogens is 195 g/mol. The SMILES string of the molecule is O=C1CC2(O)CC(=O)OB(O1)OC2=O. The fraction of sp³-hybridized carbons (Fsp3) is 0.500. The molecule has 2 aliphatic rings. The fourth-order valence-corrected chi connectivity index (χ4v) is 1.25. The van der Waals surface area contributed by atoms with Gasteiger partial charge in [-0.1, -0.05) is 0 Å². The van der Waals surface area contributed by atoms with Gasteiger partial charge in [-0.2, -0.15) is 0 Å². The fourth-order valence-electron chi connectivity index (χ4n) is 1.25. The average molecular weight is 200 g/mol. The quantitative estimate of drug-likeness (QED) is 0.457. The molecule has 0 aliphatic carbocycles. The molecule has 0 saturated carbocycles. The third-order valence-electron chi connectivity index (χ3n) is 1.91. The van der Waals surface area contributed by atoms with E-state index in [1.165, 1.54) is 0 Å². The van der Waals surface area contributed by atoms with Crippen LogP contribution in [0.2, 0.25) is 0 Å². The Hall–Kier alpha value is -1.57. The van der Waals surface area contributed by atoms with Gasteiger partial charge in [-0.3, -0.25) is 14.4 Å². The van der Waals surface area contributed by atoms with Gasteiger partial charge < -0.3 is 19.1 Å². The minimum atomic E-state index is -2.15. The monoisotopic (exact) mass is 200 g/mol. The summed E-state index contributed by atoms with van der Waals surface area (Å²) in [4.78, 5) is 33.1. The molecule has 0 atom stereocenters. The molecule has 0 amide bonds. The lowest BCUT2D eigenvalue weighted by molar-refractivity contribution is -0.161. The van der Waals surface area contributed by atoms with Crippen molar-refractivity contribution >= 4 is 25.2 Å². The van der Waals surface area contributed by atoms with Crippen molar-refractivity contribution in [3.63, 3.8) is 0 Å². The molecule has 7 nitrogen and oxygen atoms in total. The molecule has 2 fully saturated rings. The first-order valence-electron chi connectivity index (χ1n) is 3.82. The molecule has 1 N–H and O–H groups in total. The van der Waals surface area contributed by atoms with Gasteiger partial charge >= 0.3 is 13.3 Å². The minimum Gasteiger partial charge on any atom is -0.462 e. The van der Waals surface area contributed by atoms with Gasteiger partial charge in [0, 0.05) is 0 Å². The Morgan fingerprint density at radius 1 is 1.07 bits per heavy atom. The number of rotatable bonds is 0. The van der Waals surface area contributed by atoms with Gasteiger partial charge in [0.25, 0.3) is 11.9 Å². The number of carbonyl (C=O) groups excluding carboxylic acids is 3. The Labute approximate surface area is 78.1 Å². The maximum absolute atomic E-state index is 11.2. The first-order valence-corrected chi connectivity index (χ1v) is 3.82. The first kappa shape index (κ1) is 9.01. The minimum absolute atomic E-state index is 0.600. The van der Waals surface area contributed by atoms with E-state index in [2.05, 4.69) is 14.0 Å². The molecule has 0 spiro atoms. The largest absolute Gasteiger partial charge is 0.870 e. The van der Waals surface area contributed by atoms with E-state index in [1.807, 2.05) is 0 Å². The van der Waals surface area contributed by atoms with E-state index in [1.54, 1.807) is 0 Å². The van der Waals surface area contributed by atoms with Gasteiger partial charge in [0.05, 0.1) is 12.8 Å². The normalized spacial score (nSPS) is 24.6. The lowest BCUT2D eigenvalue weighted by Crippen LogP contribution is -2.41. The molecular formula is C6H5BO7. The van der Waals surface area contributed by atoms with E-state index < -0.39 is 43.7 Å². The molecule has 0 aromatic carbocycles. The highest BCUT2D eigenvalue weighted by Gasteiger charge is 2.55. The second-order valence-electron chi connectivity index (χ2n) is 3.06. The Balaban J connectivity index is 2.39. The van der Waals surface area contributed by atoms with Crippen molar-refractivity contribution in [2.75, 3.05) is 0 Å². The van der Waals surface area contributed by atoms with Crippen molar-refractivity contribution < 1.29 is 33.5 Å². The zero-order chi connectivity index (χ0) is 10.3. The summed E-state index contributed by atoms with van der Waals surface area (Å²) in [5.41, 5.74) is -2.15. The zero-order valence-corrected chi connectivity index (χ0v) is 6.89. The topological polar surface area (TPSA) is 99.1 Å². The van der Waals surface area contributed by atoms with Crippen molar-refractivity contribution in [1.82, 2.24) is 0 Å². The van der Waals surface area contributed by atoms with Crippen molar-refractivity contribution in [3.8, 4) is 0 Å². The molecule has 2 aliphatic heterocycles. The highest BCUT2D eigenvalue weighted by molar-refractivity contribution is 6.45. The predicted octanol–water partition coefficient (Wildman–Crippen LogP) is -1.86. The van der Waals surface area contributed by atoms with E-state index in [0.29, 0.717) is 0 Å². The van der Waals surface area contributed by atoms with Crippen LogP contribution in [0.3, 0.4) is 0 Å². The lowest BCUT2D eigenvalue weighted by Gasteiger charge is -2.18. The highest BCUT2D eigenvalue weighted by Crippen LogP contribution is 2.26. The van der Waals surface area contributed by atoms with Crippen LogP contribution in [0.5, 0.6) is 0 Å². The zero-order valence-electron chi connectivity index (χ0n) is 6.89. The molecule has 0 aromatic heterocycles. The van der Waals surface area contributed by atoms with Crippen molar-refractivity contribution in [1.29, 1.82) is 0 Å². The lowest BCUT2D eigenvalue weighted by atomic mass is 9.96. The number of fused-ring (bicyclic) bond motifs is 3. The van der Waals surface area contributed by atoms with Crippen LogP contribution < -0.4 is 0 Å². The first-order chi connectivity index (χ1) is 6.49. The second kappa shape index (κ2) is 2.71. The van der Waals surface area contributed by atoms with Gasteiger partial charge in [0.15, 0.2) is 5.60 Å². The van der Waals surface area contributed by atoms with E-state index in [4.69, 9.17) is 0 Å². The predicted molar refractivity (Wildman–Crippen MR) is 38.2 cm³/mol. The Morgan fingerprint density at radius 2 is 1.57 bits per heavy atom. The van der Waals surface area contributed by atoms with E-state index >= 15 is 0 Å². The van der Waals surface area contributed by atoms with Gasteiger partial charge in [0.1, 0.15) is 0 Å². The van der Waals surface area contributed by atoms with Gasteiger partial charge in [-0.25, -0.2) is 0 Å². The van der Waals surface area contributed by atoms with Crippen LogP contribution in [0.15, 0.2) is 0 Å². The maximum atomic E-state index is 11.2. The van der Waals surface area contributed by atoms with Gasteiger partial charge in [-0.05, 0) is 0 Å². The number of hydrogen-bond acceptors (Lipinski definition) is 7. The molecule has 0 aromatic rings. The molecule has 2 heterocycles. The Morgan fingerprint density at radius 3 is 2.07 bits per heavy atom. The highest BCUT2D eigenvalue weighted by atomic mass is 16.8. The number of aliphatic hydroxyl groups is 1. The average Bonchev–Trinajstić information content (AvgIpc) is 2.13. The van der Waals surface area contributed by atoms with Crippen LogP contribution in [-0.2, 0) is 28.3 Å². The van der Waals surface area contributed by atoms with Crippen molar-refractivity contribution in [2.45, 2.75) is 18.4 Å². The van der Waals surface area contributed by atoms with Crippen LogP contribution in [-0.4, -0.2) is 35.9 Å². The van der Waals surface area contributed by atoms with E-state index in [-0.39, 0.29) is 0 Å². The summed E-state index contributed by atoms with van der Waals surface area (Å²) in [5, 5.41) is 9.61. The van der Waals surface area contributed by atoms with Gasteiger partial charge in [-0.15, -0.1) is 0 Å². The maximum Gasteiger partial charge on any atom is 0.870 e. The smallest absolute Gasteiger partial charge is 0.462 e. The molecule has 0 radical (unpaired) electrons. The summed E-state index contributed by atoms with van der Waals surface area (Å²) in [6, 6.07) is 0. The molecule has 14 heavy (non-hydrogen) atoms. The van der Waals surface area contributed by atoms with E-state index in [0.717, 1.165) is 0 Å². The Bertz CT molecular complexity index is 304. The molecule has 0 unspecified atom stereocenters. The molecule has 74 valence electrons. The van der Waals surface area contributed by atoms with Crippen LogP contribution in [0.4, 0.5) is 0 Å². The standard InChI is InChI=1S/C6H5BO7/c8-3-1-6(11)2-4(9)13-7(12-3)14-5(6)10/h11H,1-2H2. The third kappa shape index (κ3) is 1.33. The van der Waals surface area contributed by atoms with Crippen LogP contribution in [0.1, 0.15) is 12.8 Å². The summed E-state index contributed by atoms with van der Waals surface area (Å²) in [7, 11) is -1.67. The molecule has 2 bridgehead atoms. The van der Waals surface area contributed by atoms with Crippen molar-refractivity contribution in [3.05, 3.63) is 0 Å². The number of hydrogen-bond donors (Lipinski definition) is 1. The Kier molecular flexibility index (Phi) is 1.74. The van der Waals surface area contributed by atoms with Gasteiger partial charge in [0.2, 0.25) is 0 Å². The van der Waals surface area contributed by atoms with Crippen LogP contribution >= 0.6 is 0 Å². The molecule has 2 rings (SSSR count). The molecule has 2 saturated heterocycles. The third-order valence-corrected chi connectivity index (χ3v) is 1.91. The van der Waals surface area contributed by atoms with E-state index in [9.17, 15) is 19.5 Å². The summed E-state index contributed by atoms with van der Waals surface area (Å²) in [6.45, 7) is 0.